The molecule has 0 radical (unpaired) electrons. The van der Waals surface area contributed by atoms with Crippen molar-refractivity contribution in [3.05, 3.63) is 78.6 Å². The fourth-order valence-electron chi connectivity index (χ4n) is 3.70. The second-order valence-electron chi connectivity index (χ2n) is 7.67. The molecule has 10 heteroatoms. The summed E-state index contributed by atoms with van der Waals surface area (Å²) in [5.74, 6) is -1.30. The number of ether oxygens (including phenoxy) is 1. The summed E-state index contributed by atoms with van der Waals surface area (Å²) in [4.78, 5) is 27.0. The maximum absolute atomic E-state index is 13.2. The number of nitrogens with zero attached hydrogens (tertiary/aromatic N) is 1. The molecule has 2 N–H and O–H groups in total. The smallest absolute Gasteiger partial charge is 0.261 e. The zero-order valence-electron chi connectivity index (χ0n) is 18.2. The Balaban J connectivity index is 1.50. The minimum absolute atomic E-state index is 0.00730. The minimum Gasteiger partial charge on any atom is -0.495 e. The number of amides is 2. The predicted octanol–water partition coefficient (Wildman–Crippen LogP) is 3.63. The molecule has 0 aromatic heterocycles. The molecule has 1 fully saturated rings. The summed E-state index contributed by atoms with van der Waals surface area (Å²) in [6, 6.07) is 17.7. The zero-order chi connectivity index (χ0) is 24.3. The van der Waals surface area contributed by atoms with Gasteiger partial charge in [-0.3, -0.25) is 14.3 Å². The monoisotopic (exact) mass is 483 g/mol. The van der Waals surface area contributed by atoms with Crippen LogP contribution in [0.2, 0.25) is 0 Å². The number of sulfonamides is 1. The van der Waals surface area contributed by atoms with Crippen molar-refractivity contribution in [1.82, 2.24) is 0 Å². The maximum Gasteiger partial charge on any atom is 0.261 e. The van der Waals surface area contributed by atoms with E-state index >= 15 is 0 Å². The lowest BCUT2D eigenvalue weighted by Gasteiger charge is -2.19. The molecule has 1 aliphatic rings. The van der Waals surface area contributed by atoms with Crippen molar-refractivity contribution in [2.45, 2.75) is 11.3 Å². The Hall–Kier alpha value is -3.92. The van der Waals surface area contributed by atoms with Gasteiger partial charge in [0.25, 0.3) is 10.0 Å². The Bertz CT molecular complexity index is 1330. The highest BCUT2D eigenvalue weighted by molar-refractivity contribution is 7.92. The van der Waals surface area contributed by atoms with Crippen molar-refractivity contribution < 1.29 is 27.1 Å². The first-order valence-electron chi connectivity index (χ1n) is 10.4. The van der Waals surface area contributed by atoms with E-state index in [0.29, 0.717) is 11.4 Å². The molecule has 0 aliphatic carbocycles. The van der Waals surface area contributed by atoms with E-state index in [1.165, 1.54) is 18.1 Å². The highest BCUT2D eigenvalue weighted by Gasteiger charge is 2.36. The number of hydrogen-bond donors (Lipinski definition) is 2. The van der Waals surface area contributed by atoms with E-state index in [0.717, 1.165) is 24.3 Å². The van der Waals surface area contributed by atoms with Gasteiger partial charge in [0, 0.05) is 13.0 Å². The van der Waals surface area contributed by atoms with E-state index in [1.54, 1.807) is 42.5 Å². The Morgan fingerprint density at radius 2 is 1.65 bits per heavy atom. The Kier molecular flexibility index (Phi) is 6.51. The van der Waals surface area contributed by atoms with E-state index < -0.39 is 27.7 Å². The standard InChI is InChI=1S/C24H22FN3O5S/c1-33-22-9-5-4-8-21(22)28-15-16(14-23(28)29)24(30)26-19-6-2-3-7-20(19)27-34(31,32)18-12-10-17(25)11-13-18/h2-13,16,27H,14-15H2,1H3,(H,26,30). The van der Waals surface area contributed by atoms with Gasteiger partial charge in [0.15, 0.2) is 0 Å². The SMILES string of the molecule is COc1ccccc1N1CC(C(=O)Nc2ccccc2NS(=O)(=O)c2ccc(F)cc2)CC1=O. The molecule has 3 aromatic rings. The fraction of sp³-hybridized carbons (Fsp3) is 0.167. The molecule has 3 aromatic carbocycles. The largest absolute Gasteiger partial charge is 0.495 e. The lowest BCUT2D eigenvalue weighted by atomic mass is 10.1. The van der Waals surface area contributed by atoms with Gasteiger partial charge in [-0.05, 0) is 48.5 Å². The van der Waals surface area contributed by atoms with Crippen molar-refractivity contribution in [3.63, 3.8) is 0 Å². The number of hydrogen-bond acceptors (Lipinski definition) is 5. The number of benzene rings is 3. The van der Waals surface area contributed by atoms with Gasteiger partial charge >= 0.3 is 0 Å². The van der Waals surface area contributed by atoms with Crippen LogP contribution in [0.4, 0.5) is 21.5 Å². The molecule has 0 bridgehead atoms. The lowest BCUT2D eigenvalue weighted by Crippen LogP contribution is -2.28. The first-order chi connectivity index (χ1) is 16.3. The molecule has 1 heterocycles. The average molecular weight is 484 g/mol. The fourth-order valence-corrected chi connectivity index (χ4v) is 4.78. The van der Waals surface area contributed by atoms with Crippen LogP contribution < -0.4 is 19.7 Å². The van der Waals surface area contributed by atoms with Gasteiger partial charge in [-0.15, -0.1) is 0 Å². The third-order valence-electron chi connectivity index (χ3n) is 5.42. The molecule has 1 saturated heterocycles. The van der Waals surface area contributed by atoms with Gasteiger partial charge in [0.1, 0.15) is 11.6 Å². The summed E-state index contributed by atoms with van der Waals surface area (Å²) >= 11 is 0. The van der Waals surface area contributed by atoms with E-state index in [1.807, 2.05) is 0 Å². The van der Waals surface area contributed by atoms with Crippen LogP contribution >= 0.6 is 0 Å². The third kappa shape index (κ3) is 4.86. The predicted molar refractivity (Wildman–Crippen MR) is 126 cm³/mol. The van der Waals surface area contributed by atoms with Crippen LogP contribution in [0, 0.1) is 11.7 Å². The highest BCUT2D eigenvalue weighted by atomic mass is 32.2. The molecule has 2 amide bonds. The highest BCUT2D eigenvalue weighted by Crippen LogP contribution is 2.33. The van der Waals surface area contributed by atoms with Crippen LogP contribution in [0.25, 0.3) is 0 Å². The van der Waals surface area contributed by atoms with Crippen molar-refractivity contribution in [2.75, 3.05) is 28.6 Å². The summed E-state index contributed by atoms with van der Waals surface area (Å²) < 4.78 is 46.3. The lowest BCUT2D eigenvalue weighted by molar-refractivity contribution is -0.122. The third-order valence-corrected chi connectivity index (χ3v) is 6.81. The van der Waals surface area contributed by atoms with Crippen LogP contribution in [0.15, 0.2) is 77.7 Å². The van der Waals surface area contributed by atoms with Crippen molar-refractivity contribution in [1.29, 1.82) is 0 Å². The number of methoxy groups -OCH3 is 1. The van der Waals surface area contributed by atoms with Crippen molar-refractivity contribution in [2.24, 2.45) is 5.92 Å². The molecule has 0 spiro atoms. The van der Waals surface area contributed by atoms with Crippen molar-refractivity contribution >= 4 is 38.9 Å². The molecule has 34 heavy (non-hydrogen) atoms. The second-order valence-corrected chi connectivity index (χ2v) is 9.35. The number of rotatable bonds is 7. The zero-order valence-corrected chi connectivity index (χ0v) is 19.0. The number of carbonyl (C=O) groups is 2. The first-order valence-corrected chi connectivity index (χ1v) is 11.9. The van der Waals surface area contributed by atoms with Gasteiger partial charge in [-0.25, -0.2) is 12.8 Å². The molecule has 8 nitrogen and oxygen atoms in total. The van der Waals surface area contributed by atoms with Gasteiger partial charge in [-0.1, -0.05) is 24.3 Å². The molecule has 1 aliphatic heterocycles. The summed E-state index contributed by atoms with van der Waals surface area (Å²) in [6.45, 7) is 0.161. The van der Waals surface area contributed by atoms with Gasteiger partial charge in [-0.2, -0.15) is 0 Å². The Morgan fingerprint density at radius 3 is 2.35 bits per heavy atom. The summed E-state index contributed by atoms with van der Waals surface area (Å²) in [5, 5.41) is 2.72. The molecule has 1 atom stereocenters. The van der Waals surface area contributed by atoms with E-state index in [-0.39, 0.29) is 35.1 Å². The molecular formula is C24H22FN3O5S. The van der Waals surface area contributed by atoms with Gasteiger partial charge in [0.05, 0.1) is 35.0 Å². The van der Waals surface area contributed by atoms with Gasteiger partial charge < -0.3 is 15.0 Å². The topological polar surface area (TPSA) is 105 Å². The van der Waals surface area contributed by atoms with Crippen LogP contribution in [0.5, 0.6) is 5.75 Å². The van der Waals surface area contributed by atoms with E-state index in [9.17, 15) is 22.4 Å². The quantitative estimate of drug-likeness (QED) is 0.534. The number of anilines is 3. The molecule has 1 unspecified atom stereocenters. The second kappa shape index (κ2) is 9.52. The Morgan fingerprint density at radius 1 is 1.00 bits per heavy atom. The van der Waals surface area contributed by atoms with Crippen LogP contribution in [-0.2, 0) is 19.6 Å². The number of halogens is 1. The van der Waals surface area contributed by atoms with E-state index in [2.05, 4.69) is 10.0 Å². The average Bonchev–Trinajstić information content (AvgIpc) is 3.22. The molecule has 176 valence electrons. The van der Waals surface area contributed by atoms with Crippen LogP contribution in [-0.4, -0.2) is 33.9 Å². The normalized spacial score (nSPS) is 15.8. The summed E-state index contributed by atoms with van der Waals surface area (Å²) in [6.07, 6.45) is 0.00730. The van der Waals surface area contributed by atoms with Crippen LogP contribution in [0.1, 0.15) is 6.42 Å². The molecular weight excluding hydrogens is 461 g/mol. The van der Waals surface area contributed by atoms with Crippen LogP contribution in [0.3, 0.4) is 0 Å². The number of nitrogens with one attached hydrogen (secondary N) is 2. The molecule has 0 saturated carbocycles. The summed E-state index contributed by atoms with van der Waals surface area (Å²) in [7, 11) is -2.51. The van der Waals surface area contributed by atoms with E-state index in [4.69, 9.17) is 4.74 Å². The van der Waals surface area contributed by atoms with Gasteiger partial charge in [0.2, 0.25) is 11.8 Å². The summed E-state index contributed by atoms with van der Waals surface area (Å²) in [5.41, 5.74) is 0.963. The Labute approximate surface area is 196 Å². The molecule has 4 rings (SSSR count). The maximum atomic E-state index is 13.2. The minimum atomic E-state index is -4.01. The first kappa shape index (κ1) is 23.2. The van der Waals surface area contributed by atoms with Crippen molar-refractivity contribution in [3.8, 4) is 5.75 Å². The number of para-hydroxylation sites is 4. The number of carbonyl (C=O) groups excluding carboxylic acids is 2.